The van der Waals surface area contributed by atoms with E-state index in [2.05, 4.69) is 58.1 Å². The van der Waals surface area contributed by atoms with Crippen LogP contribution in [0.2, 0.25) is 0 Å². The Kier molecular flexibility index (Phi) is 7.37. The van der Waals surface area contributed by atoms with Crippen molar-refractivity contribution in [3.63, 3.8) is 0 Å². The maximum atomic E-state index is 14.7. The Bertz CT molecular complexity index is 1520. The summed E-state index contributed by atoms with van der Waals surface area (Å²) in [6.45, 7) is 7.70. The topological polar surface area (TPSA) is 112 Å². The Labute approximate surface area is 233 Å². The molecule has 4 heterocycles. The molecule has 0 amide bonds. The zero-order valence-electron chi connectivity index (χ0n) is 23.3. The van der Waals surface area contributed by atoms with Crippen molar-refractivity contribution in [2.75, 3.05) is 46.8 Å². The van der Waals surface area contributed by atoms with Gasteiger partial charge < -0.3 is 20.2 Å². The van der Waals surface area contributed by atoms with Crippen molar-refractivity contribution in [3.05, 3.63) is 42.2 Å². The summed E-state index contributed by atoms with van der Waals surface area (Å²) in [4.78, 5) is 16.9. The van der Waals surface area contributed by atoms with E-state index in [0.29, 0.717) is 18.2 Å². The molecule has 216 valence electrons. The molecule has 2 aliphatic heterocycles. The smallest absolute Gasteiger partial charge is 0.227 e. The number of halogens is 2. The Morgan fingerprint density at radius 1 is 1.18 bits per heavy atom. The highest BCUT2D eigenvalue weighted by atomic mass is 32.2. The summed E-state index contributed by atoms with van der Waals surface area (Å²) < 4.78 is 52.7. The van der Waals surface area contributed by atoms with Gasteiger partial charge in [-0.2, -0.15) is 4.98 Å². The van der Waals surface area contributed by atoms with Gasteiger partial charge in [0, 0.05) is 48.2 Å². The first kappa shape index (κ1) is 28.4. The van der Waals surface area contributed by atoms with Crippen LogP contribution >= 0.6 is 0 Å². The van der Waals surface area contributed by atoms with Gasteiger partial charge in [-0.1, -0.05) is 19.9 Å². The summed E-state index contributed by atoms with van der Waals surface area (Å²) >= 11 is 0. The molecular formula is C28H36F2N6O3S. The van der Waals surface area contributed by atoms with Crippen molar-refractivity contribution in [3.8, 4) is 0 Å². The van der Waals surface area contributed by atoms with Crippen LogP contribution in [0.5, 0.6) is 0 Å². The van der Waals surface area contributed by atoms with Crippen molar-refractivity contribution < 1.29 is 22.3 Å². The van der Waals surface area contributed by atoms with Gasteiger partial charge in [-0.25, -0.2) is 27.2 Å². The molecule has 40 heavy (non-hydrogen) atoms. The van der Waals surface area contributed by atoms with E-state index >= 15 is 0 Å². The maximum Gasteiger partial charge on any atom is 0.227 e. The third-order valence-corrected chi connectivity index (χ3v) is 9.03. The first-order chi connectivity index (χ1) is 18.7. The molecule has 2 aromatic heterocycles. The van der Waals surface area contributed by atoms with E-state index in [0.717, 1.165) is 22.0 Å². The zero-order chi connectivity index (χ0) is 29.0. The van der Waals surface area contributed by atoms with Crippen LogP contribution in [0.25, 0.3) is 10.8 Å². The quantitative estimate of drug-likeness (QED) is 0.432. The van der Waals surface area contributed by atoms with E-state index in [1.807, 2.05) is 12.3 Å². The van der Waals surface area contributed by atoms with E-state index in [1.54, 1.807) is 6.07 Å². The van der Waals surface area contributed by atoms with E-state index in [9.17, 15) is 22.3 Å². The Balaban J connectivity index is 1.42. The van der Waals surface area contributed by atoms with E-state index in [4.69, 9.17) is 0 Å². The highest BCUT2D eigenvalue weighted by Gasteiger charge is 2.46. The van der Waals surface area contributed by atoms with Crippen molar-refractivity contribution in [1.82, 2.24) is 15.0 Å². The molecule has 9 nitrogen and oxygen atoms in total. The normalized spacial score (nSPS) is 27.2. The second-order valence-corrected chi connectivity index (χ2v) is 13.9. The summed E-state index contributed by atoms with van der Waals surface area (Å²) in [7, 11) is -3.05. The molecular weight excluding hydrogens is 538 g/mol. The van der Waals surface area contributed by atoms with E-state index < -0.39 is 27.8 Å². The number of aromatic nitrogens is 3. The number of benzene rings is 1. The standard InChI is InChI=1S/C28H36F2N6O3S/c1-16(2)19-6-7-23(36-12-18(17(36)3)14-40(5,38)39)21-11-32-25(10-20(19)21)33-24-8-9-31-27(34-24)35-13-22(29)26(37)28(4,30)15-35/h6-11,16-18,22,26,37H,12-15H2,1-5H3,(H,31,32,33,34)/t17-,18-,22+,26+,28+/m1/s1. The van der Waals surface area contributed by atoms with Gasteiger partial charge in [-0.15, -0.1) is 0 Å². The highest BCUT2D eigenvalue weighted by Crippen LogP contribution is 2.39. The molecule has 2 saturated heterocycles. The van der Waals surface area contributed by atoms with Crippen LogP contribution in [0.4, 0.5) is 32.1 Å². The molecule has 2 N–H and O–H groups in total. The molecule has 5 rings (SSSR count). The number of alkyl halides is 2. The molecule has 2 fully saturated rings. The third-order valence-electron chi connectivity index (χ3n) is 8.00. The summed E-state index contributed by atoms with van der Waals surface area (Å²) in [6, 6.07) is 7.90. The number of hydrogen-bond acceptors (Lipinski definition) is 9. The van der Waals surface area contributed by atoms with Gasteiger partial charge in [0.1, 0.15) is 33.7 Å². The van der Waals surface area contributed by atoms with Gasteiger partial charge in [0.15, 0.2) is 5.67 Å². The van der Waals surface area contributed by atoms with Crippen LogP contribution in [0.15, 0.2) is 36.7 Å². The minimum absolute atomic E-state index is 0.0850. The number of piperidine rings is 1. The molecule has 0 spiro atoms. The van der Waals surface area contributed by atoms with Crippen LogP contribution in [0, 0.1) is 5.92 Å². The number of pyridine rings is 1. The van der Waals surface area contributed by atoms with E-state index in [-0.39, 0.29) is 42.7 Å². The second-order valence-electron chi connectivity index (χ2n) is 11.7. The zero-order valence-corrected chi connectivity index (χ0v) is 24.2. The summed E-state index contributed by atoms with van der Waals surface area (Å²) in [5.74, 6) is 1.64. The van der Waals surface area contributed by atoms with Gasteiger partial charge in [0.05, 0.1) is 18.8 Å². The molecule has 0 bridgehead atoms. The number of nitrogens with zero attached hydrogens (tertiary/aromatic N) is 5. The number of aliphatic hydroxyl groups is 1. The number of hydrogen-bond donors (Lipinski definition) is 2. The number of sulfone groups is 1. The first-order valence-corrected chi connectivity index (χ1v) is 15.5. The van der Waals surface area contributed by atoms with Crippen LogP contribution in [0.1, 0.15) is 39.2 Å². The molecule has 1 aromatic carbocycles. The number of anilines is 4. The Morgan fingerprint density at radius 2 is 1.93 bits per heavy atom. The molecule has 5 atom stereocenters. The minimum Gasteiger partial charge on any atom is -0.387 e. The van der Waals surface area contributed by atoms with Crippen molar-refractivity contribution in [2.45, 2.75) is 57.6 Å². The number of nitrogens with one attached hydrogen (secondary N) is 1. The lowest BCUT2D eigenvalue weighted by Crippen LogP contribution is -2.59. The van der Waals surface area contributed by atoms with Gasteiger partial charge in [-0.3, -0.25) is 0 Å². The monoisotopic (exact) mass is 574 g/mol. The fourth-order valence-electron chi connectivity index (χ4n) is 5.73. The van der Waals surface area contributed by atoms with Gasteiger partial charge in [0.2, 0.25) is 5.95 Å². The van der Waals surface area contributed by atoms with Gasteiger partial charge >= 0.3 is 0 Å². The fourth-order valence-corrected chi connectivity index (χ4v) is 6.89. The first-order valence-electron chi connectivity index (χ1n) is 13.5. The highest BCUT2D eigenvalue weighted by molar-refractivity contribution is 7.90. The number of rotatable bonds is 7. The second kappa shape index (κ2) is 10.4. The number of aliphatic hydroxyl groups excluding tert-OH is 1. The lowest BCUT2D eigenvalue weighted by Gasteiger charge is -2.48. The molecule has 0 aliphatic carbocycles. The van der Waals surface area contributed by atoms with Crippen LogP contribution in [0.3, 0.4) is 0 Å². The SMILES string of the molecule is CC(C)c1ccc(N2C[C@H](CS(C)(=O)=O)[C@H]2C)c2cnc(Nc3ccnc(N4C[C@H](F)[C@H](O)[C@@](C)(F)C4)n3)cc12. The summed E-state index contributed by atoms with van der Waals surface area (Å²) in [6.07, 6.45) is 1.14. The molecule has 3 aromatic rings. The van der Waals surface area contributed by atoms with Crippen LogP contribution in [-0.4, -0.2) is 84.1 Å². The molecule has 2 aliphatic rings. The maximum absolute atomic E-state index is 14.7. The average Bonchev–Trinajstić information content (AvgIpc) is 2.88. The molecule has 0 radical (unpaired) electrons. The van der Waals surface area contributed by atoms with Crippen molar-refractivity contribution in [2.24, 2.45) is 5.92 Å². The lowest BCUT2D eigenvalue weighted by atomic mass is 9.88. The van der Waals surface area contributed by atoms with Gasteiger partial charge in [0.25, 0.3) is 0 Å². The number of fused-ring (bicyclic) bond motifs is 1. The van der Waals surface area contributed by atoms with Crippen LogP contribution in [-0.2, 0) is 9.84 Å². The Hall–Kier alpha value is -3.12. The summed E-state index contributed by atoms with van der Waals surface area (Å²) in [5, 5.41) is 15.0. The molecule has 0 saturated carbocycles. The van der Waals surface area contributed by atoms with Crippen molar-refractivity contribution >= 4 is 43.9 Å². The largest absolute Gasteiger partial charge is 0.387 e. The fraction of sp³-hybridized carbons (Fsp3) is 0.536. The third kappa shape index (κ3) is 5.56. The molecule has 0 unspecified atom stereocenters. The average molecular weight is 575 g/mol. The minimum atomic E-state index is -3.05. The Morgan fingerprint density at radius 3 is 2.58 bits per heavy atom. The van der Waals surface area contributed by atoms with Crippen molar-refractivity contribution in [1.29, 1.82) is 0 Å². The van der Waals surface area contributed by atoms with E-state index in [1.165, 1.54) is 24.3 Å². The van der Waals surface area contributed by atoms with Crippen LogP contribution < -0.4 is 15.1 Å². The summed E-state index contributed by atoms with van der Waals surface area (Å²) in [5.41, 5.74) is 0.0348. The molecule has 12 heteroatoms. The predicted octanol–water partition coefficient (Wildman–Crippen LogP) is 4.01. The van der Waals surface area contributed by atoms with Gasteiger partial charge in [-0.05, 0) is 48.9 Å². The predicted molar refractivity (Wildman–Crippen MR) is 154 cm³/mol. The lowest BCUT2D eigenvalue weighted by molar-refractivity contribution is -0.0545.